The summed E-state index contributed by atoms with van der Waals surface area (Å²) in [6, 6.07) is 15.9. The van der Waals surface area contributed by atoms with Gasteiger partial charge in [-0.15, -0.1) is 0 Å². The van der Waals surface area contributed by atoms with Crippen LogP contribution in [0, 0.1) is 11.2 Å². The SMILES string of the molecule is CC(C)c1cc(C(=O)N2CCC(Cc3cccc(-c4ccc(F)cc4)c3)(C(N)=O)C2)n[nH]1. The van der Waals surface area contributed by atoms with E-state index in [4.69, 9.17) is 5.73 Å². The summed E-state index contributed by atoms with van der Waals surface area (Å²) >= 11 is 0. The molecule has 2 amide bonds. The first-order valence-corrected chi connectivity index (χ1v) is 10.8. The number of amides is 2. The fourth-order valence-corrected chi connectivity index (χ4v) is 4.28. The molecule has 2 heterocycles. The molecule has 0 spiro atoms. The Morgan fingerprint density at radius 3 is 2.56 bits per heavy atom. The van der Waals surface area contributed by atoms with Crippen LogP contribution in [0.4, 0.5) is 4.39 Å². The second-order valence-corrected chi connectivity index (χ2v) is 8.87. The highest BCUT2D eigenvalue weighted by Crippen LogP contribution is 2.35. The molecule has 0 radical (unpaired) electrons. The highest BCUT2D eigenvalue weighted by atomic mass is 19.1. The minimum atomic E-state index is -0.839. The van der Waals surface area contributed by atoms with E-state index < -0.39 is 11.3 Å². The summed E-state index contributed by atoms with van der Waals surface area (Å²) in [5, 5.41) is 7.06. The van der Waals surface area contributed by atoms with Gasteiger partial charge in [0.05, 0.1) is 5.41 Å². The second kappa shape index (κ2) is 8.57. The number of nitrogens with one attached hydrogen (secondary N) is 1. The third-order valence-electron chi connectivity index (χ3n) is 6.25. The third-order valence-corrected chi connectivity index (χ3v) is 6.25. The van der Waals surface area contributed by atoms with Crippen LogP contribution >= 0.6 is 0 Å². The molecule has 3 aromatic rings. The third kappa shape index (κ3) is 4.28. The van der Waals surface area contributed by atoms with Crippen LogP contribution in [0.25, 0.3) is 11.1 Å². The van der Waals surface area contributed by atoms with Crippen LogP contribution in [0.5, 0.6) is 0 Å². The van der Waals surface area contributed by atoms with Crippen molar-refractivity contribution in [2.45, 2.75) is 32.6 Å². The number of halogens is 1. The normalized spacial score (nSPS) is 18.3. The number of likely N-dealkylation sites (tertiary alicyclic amines) is 1. The lowest BCUT2D eigenvalue weighted by Crippen LogP contribution is -2.42. The monoisotopic (exact) mass is 434 g/mol. The van der Waals surface area contributed by atoms with E-state index in [2.05, 4.69) is 10.2 Å². The summed E-state index contributed by atoms with van der Waals surface area (Å²) in [6.07, 6.45) is 0.926. The van der Waals surface area contributed by atoms with Crippen molar-refractivity contribution in [3.8, 4) is 11.1 Å². The van der Waals surface area contributed by atoms with Gasteiger partial charge in [-0.1, -0.05) is 50.2 Å². The van der Waals surface area contributed by atoms with E-state index in [0.717, 1.165) is 22.4 Å². The van der Waals surface area contributed by atoms with E-state index in [9.17, 15) is 14.0 Å². The summed E-state index contributed by atoms with van der Waals surface area (Å²) in [7, 11) is 0. The van der Waals surface area contributed by atoms with E-state index in [1.165, 1.54) is 12.1 Å². The summed E-state index contributed by atoms with van der Waals surface area (Å²) in [4.78, 5) is 27.2. The quantitative estimate of drug-likeness (QED) is 0.616. The number of benzene rings is 2. The number of hydrogen-bond donors (Lipinski definition) is 2. The summed E-state index contributed by atoms with van der Waals surface area (Å²) in [5.41, 5.74) is 9.04. The van der Waals surface area contributed by atoms with E-state index in [1.807, 2.05) is 38.1 Å². The lowest BCUT2D eigenvalue weighted by atomic mass is 9.79. The van der Waals surface area contributed by atoms with Gasteiger partial charge in [0.2, 0.25) is 5.91 Å². The van der Waals surface area contributed by atoms with Crippen LogP contribution in [-0.4, -0.2) is 40.0 Å². The molecule has 0 aliphatic carbocycles. The number of hydrogen-bond acceptors (Lipinski definition) is 3. The maximum atomic E-state index is 13.3. The van der Waals surface area contributed by atoms with Gasteiger partial charge in [0, 0.05) is 18.8 Å². The molecule has 7 heteroatoms. The van der Waals surface area contributed by atoms with Gasteiger partial charge in [0.15, 0.2) is 0 Å². The number of rotatable bonds is 6. The smallest absolute Gasteiger partial charge is 0.274 e. The van der Waals surface area contributed by atoms with Crippen LogP contribution in [0.15, 0.2) is 54.6 Å². The molecule has 1 aromatic heterocycles. The van der Waals surface area contributed by atoms with Gasteiger partial charge >= 0.3 is 0 Å². The lowest BCUT2D eigenvalue weighted by Gasteiger charge is -2.26. The van der Waals surface area contributed by atoms with Gasteiger partial charge in [-0.2, -0.15) is 5.10 Å². The first kappa shape index (κ1) is 21.7. The Bertz CT molecular complexity index is 1140. The first-order valence-electron chi connectivity index (χ1n) is 10.8. The molecule has 4 rings (SSSR count). The van der Waals surface area contributed by atoms with Crippen molar-refractivity contribution in [1.29, 1.82) is 0 Å². The summed E-state index contributed by atoms with van der Waals surface area (Å²) in [6.45, 7) is 4.75. The van der Waals surface area contributed by atoms with Gasteiger partial charge in [-0.25, -0.2) is 4.39 Å². The molecule has 1 saturated heterocycles. The highest BCUT2D eigenvalue weighted by Gasteiger charge is 2.45. The summed E-state index contributed by atoms with van der Waals surface area (Å²) in [5.74, 6) is -0.660. The molecule has 0 saturated carbocycles. The van der Waals surface area contributed by atoms with Crippen molar-refractivity contribution in [3.05, 3.63) is 77.4 Å². The van der Waals surface area contributed by atoms with Crippen molar-refractivity contribution in [2.24, 2.45) is 11.1 Å². The molecule has 0 bridgehead atoms. The van der Waals surface area contributed by atoms with Gasteiger partial charge in [0.25, 0.3) is 5.91 Å². The van der Waals surface area contributed by atoms with Gasteiger partial charge < -0.3 is 10.6 Å². The largest absolute Gasteiger partial charge is 0.369 e. The highest BCUT2D eigenvalue weighted by molar-refractivity contribution is 5.93. The number of nitrogens with two attached hydrogens (primary N) is 1. The van der Waals surface area contributed by atoms with Crippen molar-refractivity contribution in [2.75, 3.05) is 13.1 Å². The van der Waals surface area contributed by atoms with Crippen molar-refractivity contribution in [3.63, 3.8) is 0 Å². The standard InChI is InChI=1S/C25H27FN4O2/c1-16(2)21-13-22(29-28-21)23(31)30-11-10-25(15-30,24(27)32)14-17-4-3-5-19(12-17)18-6-8-20(26)9-7-18/h3-9,12-13,16H,10-11,14-15H2,1-2H3,(H2,27,32)(H,28,29). The molecule has 1 aliphatic rings. The number of carbonyl (C=O) groups is 2. The van der Waals surface area contributed by atoms with Crippen LogP contribution < -0.4 is 5.73 Å². The first-order chi connectivity index (χ1) is 15.3. The Morgan fingerprint density at radius 1 is 1.16 bits per heavy atom. The number of carbonyl (C=O) groups excluding carboxylic acids is 2. The van der Waals surface area contributed by atoms with Gasteiger partial charge in [0.1, 0.15) is 11.5 Å². The zero-order valence-electron chi connectivity index (χ0n) is 18.3. The van der Waals surface area contributed by atoms with Crippen LogP contribution in [0.1, 0.15) is 47.9 Å². The fourth-order valence-electron chi connectivity index (χ4n) is 4.28. The molecule has 1 fully saturated rings. The van der Waals surface area contributed by atoms with Crippen LogP contribution in [0.3, 0.4) is 0 Å². The molecule has 6 nitrogen and oxygen atoms in total. The molecule has 32 heavy (non-hydrogen) atoms. The molecule has 1 aliphatic heterocycles. The molecule has 166 valence electrons. The predicted molar refractivity (Wildman–Crippen MR) is 120 cm³/mol. The van der Waals surface area contributed by atoms with E-state index in [1.54, 1.807) is 23.1 Å². The van der Waals surface area contributed by atoms with Gasteiger partial charge in [-0.05, 0) is 53.6 Å². The van der Waals surface area contributed by atoms with E-state index in [-0.39, 0.29) is 24.2 Å². The second-order valence-electron chi connectivity index (χ2n) is 8.87. The van der Waals surface area contributed by atoms with Crippen molar-refractivity contribution >= 4 is 11.8 Å². The Morgan fingerprint density at radius 2 is 1.91 bits per heavy atom. The molecule has 3 N–H and O–H groups in total. The number of H-pyrrole nitrogens is 1. The molecule has 1 atom stereocenters. The molecular weight excluding hydrogens is 407 g/mol. The van der Waals surface area contributed by atoms with Crippen molar-refractivity contribution in [1.82, 2.24) is 15.1 Å². The molecule has 2 aromatic carbocycles. The minimum absolute atomic E-state index is 0.198. The minimum Gasteiger partial charge on any atom is -0.369 e. The Labute approximate surface area is 186 Å². The average molecular weight is 435 g/mol. The number of primary amides is 1. The topological polar surface area (TPSA) is 92.1 Å². The maximum absolute atomic E-state index is 13.3. The van der Waals surface area contributed by atoms with Crippen LogP contribution in [0.2, 0.25) is 0 Å². The molecular formula is C25H27FN4O2. The number of aromatic nitrogens is 2. The Kier molecular flexibility index (Phi) is 5.82. The zero-order valence-corrected chi connectivity index (χ0v) is 18.3. The fraction of sp³-hybridized carbons (Fsp3) is 0.320. The maximum Gasteiger partial charge on any atom is 0.274 e. The number of aromatic amines is 1. The van der Waals surface area contributed by atoms with Gasteiger partial charge in [-0.3, -0.25) is 14.7 Å². The van der Waals surface area contributed by atoms with Crippen molar-refractivity contribution < 1.29 is 14.0 Å². The number of nitrogens with zero attached hydrogens (tertiary/aromatic N) is 2. The lowest BCUT2D eigenvalue weighted by molar-refractivity contribution is -0.126. The van der Waals surface area contributed by atoms with E-state index in [0.29, 0.717) is 25.1 Å². The zero-order chi connectivity index (χ0) is 22.9. The predicted octanol–water partition coefficient (Wildman–Crippen LogP) is 3.90. The van der Waals surface area contributed by atoms with E-state index >= 15 is 0 Å². The summed E-state index contributed by atoms with van der Waals surface area (Å²) < 4.78 is 13.3. The average Bonchev–Trinajstić information content (AvgIpc) is 3.43. The Balaban J connectivity index is 1.54. The van der Waals surface area contributed by atoms with Crippen LogP contribution in [-0.2, 0) is 11.2 Å². The molecule has 1 unspecified atom stereocenters. The Hall–Kier alpha value is -3.48.